The molecule has 0 radical (unpaired) electrons. The molecule has 6 nitrogen and oxygen atoms in total. The Bertz CT molecular complexity index is 587. The van der Waals surface area contributed by atoms with Crippen LogP contribution in [-0.4, -0.2) is 37.0 Å². The van der Waals surface area contributed by atoms with Crippen molar-refractivity contribution in [2.75, 3.05) is 7.11 Å². The summed E-state index contributed by atoms with van der Waals surface area (Å²) in [6.07, 6.45) is 1.85. The highest BCUT2D eigenvalue weighted by Gasteiger charge is 2.26. The van der Waals surface area contributed by atoms with Gasteiger partial charge in [-0.15, -0.1) is 0 Å². The minimum absolute atomic E-state index is 0.180. The van der Waals surface area contributed by atoms with Crippen molar-refractivity contribution in [2.45, 2.75) is 58.5 Å². The third kappa shape index (κ3) is 7.68. The molecule has 0 aromatic heterocycles. The highest BCUT2D eigenvalue weighted by molar-refractivity contribution is 5.90. The lowest BCUT2D eigenvalue weighted by atomic mass is 10.0. The molecule has 6 heteroatoms. The number of nitrogens with one attached hydrogen (secondary N) is 2. The molecule has 1 aromatic rings. The van der Waals surface area contributed by atoms with E-state index in [0.29, 0.717) is 25.7 Å². The Hall–Kier alpha value is -2.37. The second-order valence-corrected chi connectivity index (χ2v) is 6.73. The zero-order valence-electron chi connectivity index (χ0n) is 16.1. The minimum atomic E-state index is -0.705. The minimum Gasteiger partial charge on any atom is -0.467 e. The van der Waals surface area contributed by atoms with Gasteiger partial charge in [0.25, 0.3) is 0 Å². The molecule has 1 aromatic carbocycles. The van der Waals surface area contributed by atoms with Crippen molar-refractivity contribution in [3.8, 4) is 0 Å². The maximum absolute atomic E-state index is 12.5. The van der Waals surface area contributed by atoms with Crippen LogP contribution in [0.25, 0.3) is 0 Å². The van der Waals surface area contributed by atoms with E-state index in [1.54, 1.807) is 6.92 Å². The molecule has 0 aliphatic carbocycles. The van der Waals surface area contributed by atoms with Gasteiger partial charge in [0.05, 0.1) is 7.11 Å². The van der Waals surface area contributed by atoms with Gasteiger partial charge in [-0.3, -0.25) is 9.59 Å². The molecule has 2 N–H and O–H groups in total. The number of aryl methyl sites for hydroxylation is 1. The van der Waals surface area contributed by atoms with Gasteiger partial charge in [0.2, 0.25) is 11.8 Å². The monoisotopic (exact) mass is 362 g/mol. The van der Waals surface area contributed by atoms with Gasteiger partial charge in [0.1, 0.15) is 12.1 Å². The van der Waals surface area contributed by atoms with Crippen LogP contribution < -0.4 is 10.6 Å². The predicted octanol–water partition coefficient (Wildman–Crippen LogP) is 2.22. The average molecular weight is 362 g/mol. The number of rotatable bonds is 10. The van der Waals surface area contributed by atoms with E-state index in [1.165, 1.54) is 7.11 Å². The molecule has 144 valence electrons. The smallest absolute Gasteiger partial charge is 0.328 e. The molecule has 2 amide bonds. The summed E-state index contributed by atoms with van der Waals surface area (Å²) in [6, 6.07) is 8.35. The average Bonchev–Trinajstić information content (AvgIpc) is 2.63. The van der Waals surface area contributed by atoms with Gasteiger partial charge in [-0.2, -0.15) is 0 Å². The lowest BCUT2D eigenvalue weighted by Gasteiger charge is -2.23. The number of carbonyl (C=O) groups excluding carboxylic acids is 3. The molecule has 0 aliphatic rings. The molecule has 1 rings (SSSR count). The molecule has 0 fully saturated rings. The topological polar surface area (TPSA) is 84.5 Å². The summed E-state index contributed by atoms with van der Waals surface area (Å²) in [4.78, 5) is 36.5. The lowest BCUT2D eigenvalue weighted by Crippen LogP contribution is -2.52. The molecule has 2 atom stereocenters. The van der Waals surface area contributed by atoms with Gasteiger partial charge in [0, 0.05) is 6.42 Å². The van der Waals surface area contributed by atoms with Crippen LogP contribution in [0.15, 0.2) is 30.3 Å². The van der Waals surface area contributed by atoms with Gasteiger partial charge >= 0.3 is 5.97 Å². The van der Waals surface area contributed by atoms with Crippen molar-refractivity contribution in [3.05, 3.63) is 35.9 Å². The van der Waals surface area contributed by atoms with Crippen LogP contribution in [0.1, 0.15) is 45.6 Å². The van der Waals surface area contributed by atoms with Crippen LogP contribution in [0.5, 0.6) is 0 Å². The van der Waals surface area contributed by atoms with Crippen molar-refractivity contribution in [1.82, 2.24) is 10.6 Å². The van der Waals surface area contributed by atoms with Gasteiger partial charge in [-0.25, -0.2) is 4.79 Å². The summed E-state index contributed by atoms with van der Waals surface area (Å²) in [6.45, 7) is 5.75. The lowest BCUT2D eigenvalue weighted by molar-refractivity contribution is -0.145. The second kappa shape index (κ2) is 11.3. The maximum atomic E-state index is 12.5. The third-order valence-electron chi connectivity index (χ3n) is 4.05. The fourth-order valence-corrected chi connectivity index (χ4v) is 2.61. The number of carbonyl (C=O) groups is 3. The SMILES string of the molecule is CCC(NC(=O)[C@H](CC(C)C)NC(=O)CCc1ccccc1)C(=O)OC. The Morgan fingerprint density at radius 2 is 1.69 bits per heavy atom. The molecule has 0 spiro atoms. The van der Waals surface area contributed by atoms with Crippen molar-refractivity contribution in [1.29, 1.82) is 0 Å². The van der Waals surface area contributed by atoms with E-state index in [9.17, 15) is 14.4 Å². The first-order chi connectivity index (χ1) is 12.4. The highest BCUT2D eigenvalue weighted by atomic mass is 16.5. The summed E-state index contributed by atoms with van der Waals surface area (Å²) in [5.74, 6) is -0.803. The fourth-order valence-electron chi connectivity index (χ4n) is 2.61. The first kappa shape index (κ1) is 21.7. The van der Waals surface area contributed by atoms with Crippen LogP contribution in [-0.2, 0) is 25.5 Å². The van der Waals surface area contributed by atoms with Gasteiger partial charge in [-0.1, -0.05) is 51.1 Å². The zero-order chi connectivity index (χ0) is 19.5. The van der Waals surface area contributed by atoms with Crippen molar-refractivity contribution >= 4 is 17.8 Å². The Kier molecular flexibility index (Phi) is 9.41. The normalized spacial score (nSPS) is 13.0. The van der Waals surface area contributed by atoms with E-state index < -0.39 is 18.1 Å². The van der Waals surface area contributed by atoms with Crippen LogP contribution in [0.3, 0.4) is 0 Å². The van der Waals surface area contributed by atoms with E-state index in [1.807, 2.05) is 44.2 Å². The van der Waals surface area contributed by atoms with Crippen molar-refractivity contribution < 1.29 is 19.1 Å². The molecule has 1 unspecified atom stereocenters. The molecule has 26 heavy (non-hydrogen) atoms. The zero-order valence-corrected chi connectivity index (χ0v) is 16.1. The summed E-state index contributed by atoms with van der Waals surface area (Å²) >= 11 is 0. The number of ether oxygens (including phenoxy) is 1. The number of hydrogen-bond acceptors (Lipinski definition) is 4. The summed E-state index contributed by atoms with van der Waals surface area (Å²) in [5.41, 5.74) is 1.07. The molecule has 0 saturated carbocycles. The van der Waals surface area contributed by atoms with Crippen LogP contribution in [0.4, 0.5) is 0 Å². The Morgan fingerprint density at radius 1 is 1.04 bits per heavy atom. The first-order valence-corrected chi connectivity index (χ1v) is 9.08. The predicted molar refractivity (Wildman–Crippen MR) is 100 cm³/mol. The first-order valence-electron chi connectivity index (χ1n) is 9.08. The van der Waals surface area contributed by atoms with E-state index in [-0.39, 0.29) is 17.7 Å². The number of hydrogen-bond donors (Lipinski definition) is 2. The number of amides is 2. The molecular formula is C20H30N2O4. The van der Waals surface area contributed by atoms with Gasteiger partial charge < -0.3 is 15.4 Å². The second-order valence-electron chi connectivity index (χ2n) is 6.73. The van der Waals surface area contributed by atoms with E-state index in [2.05, 4.69) is 10.6 Å². The molecule has 0 saturated heterocycles. The van der Waals surface area contributed by atoms with E-state index >= 15 is 0 Å². The molecule has 0 aliphatic heterocycles. The van der Waals surface area contributed by atoms with Crippen LogP contribution in [0.2, 0.25) is 0 Å². The largest absolute Gasteiger partial charge is 0.467 e. The quantitative estimate of drug-likeness (QED) is 0.625. The number of methoxy groups -OCH3 is 1. The fraction of sp³-hybridized carbons (Fsp3) is 0.550. The van der Waals surface area contributed by atoms with E-state index in [4.69, 9.17) is 4.74 Å². The van der Waals surface area contributed by atoms with Crippen molar-refractivity contribution in [3.63, 3.8) is 0 Å². The molecule has 0 heterocycles. The standard InChI is InChI=1S/C20H30N2O4/c1-5-16(20(25)26-4)22-19(24)17(13-14(2)3)21-18(23)12-11-15-9-7-6-8-10-15/h6-10,14,16-17H,5,11-13H2,1-4H3,(H,21,23)(H,22,24)/t16?,17-/m0/s1. The number of benzene rings is 1. The van der Waals surface area contributed by atoms with Gasteiger partial charge in [-0.05, 0) is 30.7 Å². The van der Waals surface area contributed by atoms with E-state index in [0.717, 1.165) is 5.56 Å². The Balaban J connectivity index is 2.65. The Morgan fingerprint density at radius 3 is 2.23 bits per heavy atom. The van der Waals surface area contributed by atoms with Crippen LogP contribution in [0, 0.1) is 5.92 Å². The summed E-state index contributed by atoms with van der Waals surface area (Å²) < 4.78 is 4.69. The van der Waals surface area contributed by atoms with Crippen molar-refractivity contribution in [2.24, 2.45) is 5.92 Å². The third-order valence-corrected chi connectivity index (χ3v) is 4.05. The summed E-state index contributed by atoms with van der Waals surface area (Å²) in [7, 11) is 1.29. The molecular weight excluding hydrogens is 332 g/mol. The number of esters is 1. The molecule has 0 bridgehead atoms. The highest BCUT2D eigenvalue weighted by Crippen LogP contribution is 2.08. The maximum Gasteiger partial charge on any atom is 0.328 e. The Labute approximate surface area is 155 Å². The van der Waals surface area contributed by atoms with Gasteiger partial charge in [0.15, 0.2) is 0 Å². The van der Waals surface area contributed by atoms with Crippen LogP contribution >= 0.6 is 0 Å². The summed E-state index contributed by atoms with van der Waals surface area (Å²) in [5, 5.41) is 5.48.